The predicted molar refractivity (Wildman–Crippen MR) is 98.4 cm³/mol. The number of nitrogens with zero attached hydrogens (tertiary/aromatic N) is 4. The molecule has 0 aliphatic heterocycles. The minimum Gasteiger partial charge on any atom is -0.395 e. The van der Waals surface area contributed by atoms with Gasteiger partial charge in [0, 0.05) is 23.9 Å². The Morgan fingerprint density at radius 2 is 2.04 bits per heavy atom. The number of rotatable bonds is 6. The van der Waals surface area contributed by atoms with Gasteiger partial charge in [-0.25, -0.2) is 0 Å². The molecule has 3 aromatic rings. The maximum Gasteiger partial charge on any atom is 0.291 e. The lowest BCUT2D eigenvalue weighted by Crippen LogP contribution is -2.34. The Bertz CT molecular complexity index is 864. The Hall–Kier alpha value is -2.25. The predicted octanol–water partition coefficient (Wildman–Crippen LogP) is 2.58. The van der Waals surface area contributed by atoms with Crippen molar-refractivity contribution in [2.75, 3.05) is 13.2 Å². The Morgan fingerprint density at radius 3 is 2.81 bits per heavy atom. The SMILES string of the molecule is CCc1nn(-c2noc(C3CCC(NCCO)CC3)n2)c2ccccc12. The van der Waals surface area contributed by atoms with Gasteiger partial charge in [-0.15, -0.1) is 0 Å². The number of para-hydroxylation sites is 1. The number of aryl methyl sites for hydroxylation is 1. The molecule has 1 fully saturated rings. The van der Waals surface area contributed by atoms with E-state index in [2.05, 4.69) is 33.5 Å². The second-order valence-corrected chi connectivity index (χ2v) is 6.89. The van der Waals surface area contributed by atoms with Gasteiger partial charge in [0.15, 0.2) is 0 Å². The number of hydrogen-bond acceptors (Lipinski definition) is 6. The van der Waals surface area contributed by atoms with Gasteiger partial charge in [0.25, 0.3) is 5.95 Å². The molecule has 1 saturated carbocycles. The van der Waals surface area contributed by atoms with Crippen molar-refractivity contribution < 1.29 is 9.63 Å². The molecule has 0 bridgehead atoms. The standard InChI is InChI=1S/C19H25N5O2/c1-2-16-15-5-3-4-6-17(15)24(22-16)19-21-18(26-23-19)13-7-9-14(10-8-13)20-11-12-25/h3-6,13-14,20,25H,2,7-12H2,1H3. The molecule has 26 heavy (non-hydrogen) atoms. The number of aromatic nitrogens is 4. The number of fused-ring (bicyclic) bond motifs is 1. The highest BCUT2D eigenvalue weighted by atomic mass is 16.5. The molecule has 1 aliphatic carbocycles. The fourth-order valence-corrected chi connectivity index (χ4v) is 3.84. The van der Waals surface area contributed by atoms with Crippen LogP contribution in [0.5, 0.6) is 0 Å². The zero-order valence-corrected chi connectivity index (χ0v) is 15.1. The lowest BCUT2D eigenvalue weighted by atomic mass is 9.86. The van der Waals surface area contributed by atoms with E-state index in [-0.39, 0.29) is 6.61 Å². The number of aliphatic hydroxyl groups excluding tert-OH is 1. The van der Waals surface area contributed by atoms with E-state index in [0.29, 0.717) is 30.3 Å². The zero-order valence-electron chi connectivity index (χ0n) is 15.1. The third-order valence-electron chi connectivity index (χ3n) is 5.24. The molecule has 1 aromatic carbocycles. The number of benzene rings is 1. The lowest BCUT2D eigenvalue weighted by Gasteiger charge is -2.26. The van der Waals surface area contributed by atoms with Crippen molar-refractivity contribution in [1.29, 1.82) is 0 Å². The van der Waals surface area contributed by atoms with Crippen LogP contribution in [0, 0.1) is 0 Å². The topological polar surface area (TPSA) is 89.0 Å². The number of hydrogen-bond donors (Lipinski definition) is 2. The van der Waals surface area contributed by atoms with Gasteiger partial charge in [0.2, 0.25) is 5.89 Å². The van der Waals surface area contributed by atoms with Crippen LogP contribution >= 0.6 is 0 Å². The minimum absolute atomic E-state index is 0.185. The molecule has 7 nitrogen and oxygen atoms in total. The average Bonchev–Trinajstić information content (AvgIpc) is 3.31. The van der Waals surface area contributed by atoms with Crippen LogP contribution < -0.4 is 5.32 Å². The van der Waals surface area contributed by atoms with Crippen molar-refractivity contribution in [2.45, 2.75) is 51.0 Å². The van der Waals surface area contributed by atoms with E-state index in [1.54, 1.807) is 4.68 Å². The summed E-state index contributed by atoms with van der Waals surface area (Å²) >= 11 is 0. The quantitative estimate of drug-likeness (QED) is 0.706. The van der Waals surface area contributed by atoms with Gasteiger partial charge in [0.05, 0.1) is 17.8 Å². The summed E-state index contributed by atoms with van der Waals surface area (Å²) in [5.74, 6) is 1.52. The van der Waals surface area contributed by atoms with E-state index < -0.39 is 0 Å². The molecule has 0 atom stereocenters. The van der Waals surface area contributed by atoms with Gasteiger partial charge in [-0.2, -0.15) is 14.8 Å². The van der Waals surface area contributed by atoms with Gasteiger partial charge in [-0.3, -0.25) is 0 Å². The van der Waals surface area contributed by atoms with Crippen LogP contribution in [-0.2, 0) is 6.42 Å². The summed E-state index contributed by atoms with van der Waals surface area (Å²) < 4.78 is 7.37. The third-order valence-corrected chi connectivity index (χ3v) is 5.24. The van der Waals surface area contributed by atoms with Crippen molar-refractivity contribution in [3.8, 4) is 5.95 Å². The first-order valence-corrected chi connectivity index (χ1v) is 9.45. The first-order chi connectivity index (χ1) is 12.8. The molecule has 138 valence electrons. The van der Waals surface area contributed by atoms with Gasteiger partial charge >= 0.3 is 0 Å². The molecule has 0 spiro atoms. The van der Waals surface area contributed by atoms with Crippen LogP contribution in [0.25, 0.3) is 16.9 Å². The van der Waals surface area contributed by atoms with Crippen molar-refractivity contribution in [2.24, 2.45) is 0 Å². The Balaban J connectivity index is 1.53. The largest absolute Gasteiger partial charge is 0.395 e. The highest BCUT2D eigenvalue weighted by Gasteiger charge is 2.27. The molecular weight excluding hydrogens is 330 g/mol. The van der Waals surface area contributed by atoms with Crippen LogP contribution in [0.4, 0.5) is 0 Å². The summed E-state index contributed by atoms with van der Waals surface area (Å²) in [5.41, 5.74) is 2.05. The van der Waals surface area contributed by atoms with Crippen molar-refractivity contribution in [3.63, 3.8) is 0 Å². The zero-order chi connectivity index (χ0) is 17.9. The minimum atomic E-state index is 0.185. The summed E-state index contributed by atoms with van der Waals surface area (Å²) in [4.78, 5) is 4.65. The average molecular weight is 355 g/mol. The van der Waals surface area contributed by atoms with Gasteiger partial charge < -0.3 is 14.9 Å². The normalized spacial score (nSPS) is 20.7. The van der Waals surface area contributed by atoms with E-state index in [1.165, 1.54) is 0 Å². The van der Waals surface area contributed by atoms with E-state index in [9.17, 15) is 0 Å². The van der Waals surface area contributed by atoms with Crippen LogP contribution in [0.1, 0.15) is 50.1 Å². The molecule has 0 amide bonds. The van der Waals surface area contributed by atoms with Crippen LogP contribution in [0.15, 0.2) is 28.8 Å². The monoisotopic (exact) mass is 355 g/mol. The smallest absolute Gasteiger partial charge is 0.291 e. The van der Waals surface area contributed by atoms with Gasteiger partial charge in [-0.1, -0.05) is 25.1 Å². The number of nitrogens with one attached hydrogen (secondary N) is 1. The molecule has 0 saturated heterocycles. The first-order valence-electron chi connectivity index (χ1n) is 9.45. The van der Waals surface area contributed by atoms with Gasteiger partial charge in [0.1, 0.15) is 0 Å². The highest BCUT2D eigenvalue weighted by Crippen LogP contribution is 2.32. The second kappa shape index (κ2) is 7.55. The summed E-state index contributed by atoms with van der Waals surface area (Å²) in [6.45, 7) is 2.95. The van der Waals surface area contributed by atoms with E-state index >= 15 is 0 Å². The second-order valence-electron chi connectivity index (χ2n) is 6.89. The van der Waals surface area contributed by atoms with Crippen molar-refractivity contribution in [1.82, 2.24) is 25.2 Å². The van der Waals surface area contributed by atoms with E-state index in [4.69, 9.17) is 9.63 Å². The lowest BCUT2D eigenvalue weighted by molar-refractivity contribution is 0.253. The molecule has 2 heterocycles. The first kappa shape index (κ1) is 17.2. The highest BCUT2D eigenvalue weighted by molar-refractivity contribution is 5.83. The maximum absolute atomic E-state index is 8.93. The maximum atomic E-state index is 8.93. The molecule has 4 rings (SSSR count). The van der Waals surface area contributed by atoms with Crippen LogP contribution in [0.3, 0.4) is 0 Å². The van der Waals surface area contributed by atoms with Crippen LogP contribution in [-0.4, -0.2) is 44.2 Å². The summed E-state index contributed by atoms with van der Waals surface area (Å²) in [7, 11) is 0. The van der Waals surface area contributed by atoms with Crippen LogP contribution in [0.2, 0.25) is 0 Å². The third kappa shape index (κ3) is 3.24. The molecule has 2 aromatic heterocycles. The summed E-state index contributed by atoms with van der Waals surface area (Å²) in [5, 5.41) is 22.3. The molecular formula is C19H25N5O2. The molecule has 0 unspecified atom stereocenters. The fraction of sp³-hybridized carbons (Fsp3) is 0.526. The van der Waals surface area contributed by atoms with Crippen molar-refractivity contribution >= 4 is 10.9 Å². The molecule has 0 radical (unpaired) electrons. The summed E-state index contributed by atoms with van der Waals surface area (Å²) in [6.07, 6.45) is 5.03. The molecule has 1 aliphatic rings. The van der Waals surface area contributed by atoms with E-state index in [0.717, 1.165) is 48.7 Å². The molecule has 2 N–H and O–H groups in total. The molecule has 7 heteroatoms. The summed E-state index contributed by atoms with van der Waals surface area (Å²) in [6, 6.07) is 8.62. The Kier molecular flexibility index (Phi) is 4.99. The van der Waals surface area contributed by atoms with E-state index in [1.807, 2.05) is 18.2 Å². The Labute approximate surface area is 152 Å². The fourth-order valence-electron chi connectivity index (χ4n) is 3.84. The van der Waals surface area contributed by atoms with Crippen molar-refractivity contribution in [3.05, 3.63) is 35.9 Å². The number of aliphatic hydroxyl groups is 1. The Morgan fingerprint density at radius 1 is 1.23 bits per heavy atom. The van der Waals surface area contributed by atoms with Gasteiger partial charge in [-0.05, 0) is 43.3 Å².